The van der Waals surface area contributed by atoms with Gasteiger partial charge in [0.05, 0.1) is 59.1 Å². The van der Waals surface area contributed by atoms with E-state index in [0.29, 0.717) is 41.5 Å². The molecular weight excluding hydrogens is 818 g/mol. The van der Waals surface area contributed by atoms with Crippen LogP contribution in [0.3, 0.4) is 0 Å². The topological polar surface area (TPSA) is 209 Å². The number of benzene rings is 1. The van der Waals surface area contributed by atoms with Crippen molar-refractivity contribution in [1.29, 1.82) is 0 Å². The van der Waals surface area contributed by atoms with Crippen molar-refractivity contribution in [2.45, 2.75) is 46.4 Å². The molecule has 17 heteroatoms. The third kappa shape index (κ3) is 8.80. The van der Waals surface area contributed by atoms with Gasteiger partial charge in [-0.05, 0) is 50.7 Å². The zero-order chi connectivity index (χ0) is 42.1. The summed E-state index contributed by atoms with van der Waals surface area (Å²) < 4.78 is 15.0. The average Bonchev–Trinajstić information content (AvgIpc) is 3.98. The predicted molar refractivity (Wildman–Crippen MR) is 228 cm³/mol. The maximum absolute atomic E-state index is 12.7. The Labute approximate surface area is 349 Å². The van der Waals surface area contributed by atoms with Gasteiger partial charge in [0, 0.05) is 72.3 Å². The number of hydrogen-bond donors (Lipinski definition) is 5. The SMILES string of the molecule is CC1(C)CN(C(=O)OCc2ccccc2)CC1Nc1c(C(N)=O)cnn2cc(Br)cc12.COc1cc(-c2cc3c(NC4CNCC4(C)C)c(C(N)=O)cnn3c2)ccn1. The van der Waals surface area contributed by atoms with E-state index < -0.39 is 11.8 Å². The van der Waals surface area contributed by atoms with Crippen molar-refractivity contribution in [1.82, 2.24) is 34.4 Å². The van der Waals surface area contributed by atoms with Crippen LogP contribution in [0.5, 0.6) is 5.88 Å². The van der Waals surface area contributed by atoms with Crippen molar-refractivity contribution >= 4 is 56.2 Å². The second-order valence-electron chi connectivity index (χ2n) is 16.2. The standard InChI is InChI=1S/C22H24BrN5O3.C20H24N6O2/c1-22(2)13-27(21(30)31-12-14-6-4-3-5-7-14)11-18(22)26-19-16(20(24)29)9-25-28-10-15(23)8-17(19)28;1-20(2)11-22-9-16(20)25-18-14(19(21)27)8-24-26-10-13(6-15(18)26)12-4-5-23-17(7-12)28-3/h3-10,18,26H,11-13H2,1-2H3,(H2,24,29);4-8,10,16,22,25H,9,11H2,1-3H3,(H2,21,27). The number of carbonyl (C=O) groups is 3. The van der Waals surface area contributed by atoms with Gasteiger partial charge in [-0.3, -0.25) is 9.59 Å². The lowest BCUT2D eigenvalue weighted by Crippen LogP contribution is -2.36. The number of nitrogens with zero attached hydrogens (tertiary/aromatic N) is 6. The molecule has 0 aliphatic carbocycles. The number of primary amides is 2. The fourth-order valence-corrected chi connectivity index (χ4v) is 7.89. The Balaban J connectivity index is 0.000000180. The number of carbonyl (C=O) groups excluding carboxylic acids is 3. The van der Waals surface area contributed by atoms with Crippen molar-refractivity contribution in [3.8, 4) is 17.0 Å². The third-order valence-electron chi connectivity index (χ3n) is 11.0. The molecular formula is C42H48BrN11O5. The Kier molecular flexibility index (Phi) is 11.5. The summed E-state index contributed by atoms with van der Waals surface area (Å²) in [5, 5.41) is 19.0. The fraction of sp³-hybridized carbons (Fsp3) is 0.333. The van der Waals surface area contributed by atoms with Gasteiger partial charge in [-0.15, -0.1) is 0 Å². The summed E-state index contributed by atoms with van der Waals surface area (Å²) in [4.78, 5) is 42.6. The van der Waals surface area contributed by atoms with Crippen molar-refractivity contribution in [2.75, 3.05) is 43.9 Å². The largest absolute Gasteiger partial charge is 0.481 e. The van der Waals surface area contributed by atoms with Crippen LogP contribution in [0.2, 0.25) is 0 Å². The second kappa shape index (κ2) is 16.6. The van der Waals surface area contributed by atoms with Crippen LogP contribution < -0.4 is 32.2 Å². The van der Waals surface area contributed by atoms with E-state index in [2.05, 4.69) is 74.8 Å². The molecule has 16 nitrogen and oxygen atoms in total. The van der Waals surface area contributed by atoms with Crippen LogP contribution in [0.15, 0.2) is 90.1 Å². The second-order valence-corrected chi connectivity index (χ2v) is 17.1. The molecule has 7 N–H and O–H groups in total. The average molecular weight is 867 g/mol. The van der Waals surface area contributed by atoms with Crippen LogP contribution in [0.25, 0.3) is 22.2 Å². The number of methoxy groups -OCH3 is 1. The van der Waals surface area contributed by atoms with Gasteiger partial charge in [0.2, 0.25) is 5.88 Å². The summed E-state index contributed by atoms with van der Waals surface area (Å²) in [7, 11) is 1.59. The summed E-state index contributed by atoms with van der Waals surface area (Å²) in [6, 6.07) is 17.3. The normalized spacial score (nSPS) is 18.0. The van der Waals surface area contributed by atoms with Crippen molar-refractivity contribution in [2.24, 2.45) is 22.3 Å². The van der Waals surface area contributed by atoms with E-state index in [0.717, 1.165) is 45.3 Å². The Bertz CT molecular complexity index is 2520. The number of nitrogens with two attached hydrogens (primary N) is 2. The number of likely N-dealkylation sites (tertiary alicyclic amines) is 1. The van der Waals surface area contributed by atoms with Crippen LogP contribution in [0, 0.1) is 10.8 Å². The van der Waals surface area contributed by atoms with Gasteiger partial charge in [0.1, 0.15) is 6.61 Å². The molecule has 59 heavy (non-hydrogen) atoms. The number of halogens is 1. The molecule has 2 unspecified atom stereocenters. The Morgan fingerprint density at radius 3 is 2.14 bits per heavy atom. The first-order valence-corrected chi connectivity index (χ1v) is 19.9. The molecule has 308 valence electrons. The van der Waals surface area contributed by atoms with Gasteiger partial charge in [0.25, 0.3) is 11.8 Å². The fourth-order valence-electron chi connectivity index (χ4n) is 7.48. The summed E-state index contributed by atoms with van der Waals surface area (Å²) in [5.41, 5.74) is 17.4. The number of amides is 3. The first-order chi connectivity index (χ1) is 28.1. The number of ether oxygens (including phenoxy) is 2. The predicted octanol–water partition coefficient (Wildman–Crippen LogP) is 5.57. The highest BCUT2D eigenvalue weighted by molar-refractivity contribution is 9.10. The van der Waals surface area contributed by atoms with Gasteiger partial charge in [0.15, 0.2) is 0 Å². The number of hydrogen-bond acceptors (Lipinski definition) is 11. The van der Waals surface area contributed by atoms with Gasteiger partial charge in [-0.1, -0.05) is 58.0 Å². The number of rotatable bonds is 10. The lowest BCUT2D eigenvalue weighted by Gasteiger charge is -2.28. The number of fused-ring (bicyclic) bond motifs is 2. The van der Waals surface area contributed by atoms with Crippen molar-refractivity contribution < 1.29 is 23.9 Å². The first kappa shape index (κ1) is 41.0. The number of aromatic nitrogens is 5. The molecule has 7 heterocycles. The molecule has 5 aromatic heterocycles. The number of anilines is 2. The molecule has 2 aliphatic heterocycles. The maximum atomic E-state index is 12.7. The minimum absolute atomic E-state index is 0.0447. The molecule has 2 atom stereocenters. The summed E-state index contributed by atoms with van der Waals surface area (Å²) >= 11 is 3.45. The van der Waals surface area contributed by atoms with E-state index in [1.165, 1.54) is 12.4 Å². The molecule has 0 spiro atoms. The van der Waals surface area contributed by atoms with E-state index in [1.807, 2.05) is 60.8 Å². The Hall–Kier alpha value is -6.20. The number of pyridine rings is 1. The maximum Gasteiger partial charge on any atom is 0.410 e. The monoisotopic (exact) mass is 865 g/mol. The van der Waals surface area contributed by atoms with E-state index in [1.54, 1.807) is 33.4 Å². The van der Waals surface area contributed by atoms with Crippen LogP contribution >= 0.6 is 15.9 Å². The quantitative estimate of drug-likeness (QED) is 0.115. The molecule has 1 aromatic carbocycles. The van der Waals surface area contributed by atoms with Gasteiger partial charge in [-0.2, -0.15) is 10.2 Å². The first-order valence-electron chi connectivity index (χ1n) is 19.1. The van der Waals surface area contributed by atoms with Gasteiger partial charge >= 0.3 is 6.09 Å². The van der Waals surface area contributed by atoms with Crippen LogP contribution in [-0.4, -0.2) is 92.4 Å². The smallest absolute Gasteiger partial charge is 0.410 e. The third-order valence-corrected chi connectivity index (χ3v) is 11.4. The molecule has 6 aromatic rings. The molecule has 0 saturated carbocycles. The minimum Gasteiger partial charge on any atom is -0.481 e. The van der Waals surface area contributed by atoms with E-state index >= 15 is 0 Å². The zero-order valence-corrected chi connectivity index (χ0v) is 35.1. The minimum atomic E-state index is -0.565. The lowest BCUT2D eigenvalue weighted by atomic mass is 9.87. The molecule has 8 rings (SSSR count). The zero-order valence-electron chi connectivity index (χ0n) is 33.5. The van der Waals surface area contributed by atoms with Crippen LogP contribution in [0.1, 0.15) is 54.0 Å². The van der Waals surface area contributed by atoms with Crippen molar-refractivity contribution in [3.63, 3.8) is 0 Å². The van der Waals surface area contributed by atoms with Crippen LogP contribution in [-0.2, 0) is 11.3 Å². The molecule has 2 saturated heterocycles. The molecule has 2 fully saturated rings. The van der Waals surface area contributed by atoms with Crippen molar-refractivity contribution in [3.05, 3.63) is 107 Å². The highest BCUT2D eigenvalue weighted by Gasteiger charge is 2.43. The summed E-state index contributed by atoms with van der Waals surface area (Å²) in [5.74, 6) is -0.532. The van der Waals surface area contributed by atoms with Gasteiger partial charge in [-0.25, -0.2) is 18.8 Å². The Morgan fingerprint density at radius 1 is 0.864 bits per heavy atom. The number of nitrogens with one attached hydrogen (secondary N) is 3. The van der Waals surface area contributed by atoms with E-state index in [4.69, 9.17) is 20.9 Å². The highest BCUT2D eigenvalue weighted by Crippen LogP contribution is 2.36. The van der Waals surface area contributed by atoms with E-state index in [9.17, 15) is 14.4 Å². The molecule has 2 aliphatic rings. The summed E-state index contributed by atoms with van der Waals surface area (Å²) in [6.07, 6.45) is 8.03. The van der Waals surface area contributed by atoms with Gasteiger partial charge < -0.3 is 41.8 Å². The lowest BCUT2D eigenvalue weighted by molar-refractivity contribution is 0.0992. The van der Waals surface area contributed by atoms with Crippen LogP contribution in [0.4, 0.5) is 16.2 Å². The molecule has 0 bridgehead atoms. The highest BCUT2D eigenvalue weighted by atomic mass is 79.9. The Morgan fingerprint density at radius 2 is 1.51 bits per heavy atom. The molecule has 0 radical (unpaired) electrons. The molecule has 3 amide bonds. The summed E-state index contributed by atoms with van der Waals surface area (Å²) in [6.45, 7) is 11.4. The van der Waals surface area contributed by atoms with E-state index in [-0.39, 0.29) is 35.6 Å².